The van der Waals surface area contributed by atoms with E-state index in [9.17, 15) is 0 Å². The SMILES string of the molecule is CC(C)CC(N(C)C)C(C)(C)N1CCNCC1. The zero-order chi connectivity index (χ0) is 13.1. The fraction of sp³-hybridized carbons (Fsp3) is 1.00. The Balaban J connectivity index is 2.74. The summed E-state index contributed by atoms with van der Waals surface area (Å²) < 4.78 is 0. The number of nitrogens with one attached hydrogen (secondary N) is 1. The first-order chi connectivity index (χ1) is 7.85. The van der Waals surface area contributed by atoms with Crippen molar-refractivity contribution in [1.82, 2.24) is 15.1 Å². The summed E-state index contributed by atoms with van der Waals surface area (Å²) >= 11 is 0. The molecule has 1 saturated heterocycles. The van der Waals surface area contributed by atoms with Crippen LogP contribution in [-0.4, -0.2) is 61.7 Å². The molecule has 1 atom stereocenters. The number of rotatable bonds is 5. The first-order valence-electron chi connectivity index (χ1n) is 6.98. The van der Waals surface area contributed by atoms with E-state index in [0.717, 1.165) is 19.0 Å². The topological polar surface area (TPSA) is 18.5 Å². The molecule has 1 aliphatic rings. The molecule has 102 valence electrons. The molecular formula is C14H31N3. The van der Waals surface area contributed by atoms with Gasteiger partial charge in [0, 0.05) is 37.8 Å². The number of likely N-dealkylation sites (N-methyl/N-ethyl adjacent to an activating group) is 1. The highest BCUT2D eigenvalue weighted by molar-refractivity contribution is 4.95. The van der Waals surface area contributed by atoms with Gasteiger partial charge in [0.1, 0.15) is 0 Å². The van der Waals surface area contributed by atoms with Gasteiger partial charge in [-0.25, -0.2) is 0 Å². The Kier molecular flexibility index (Phi) is 5.42. The van der Waals surface area contributed by atoms with Crippen LogP contribution >= 0.6 is 0 Å². The molecule has 0 aromatic carbocycles. The van der Waals surface area contributed by atoms with E-state index in [1.54, 1.807) is 0 Å². The fourth-order valence-corrected chi connectivity index (χ4v) is 3.03. The highest BCUT2D eigenvalue weighted by Crippen LogP contribution is 2.27. The molecular weight excluding hydrogens is 210 g/mol. The molecule has 1 N–H and O–H groups in total. The summed E-state index contributed by atoms with van der Waals surface area (Å²) in [6.45, 7) is 14.1. The molecule has 0 aromatic heterocycles. The predicted octanol–water partition coefficient (Wildman–Crippen LogP) is 1.65. The largest absolute Gasteiger partial charge is 0.314 e. The molecule has 0 radical (unpaired) electrons. The molecule has 0 aromatic rings. The van der Waals surface area contributed by atoms with Crippen molar-refractivity contribution in [3.63, 3.8) is 0 Å². The third-order valence-electron chi connectivity index (χ3n) is 4.07. The van der Waals surface area contributed by atoms with Gasteiger partial charge in [0.2, 0.25) is 0 Å². The van der Waals surface area contributed by atoms with Crippen LogP contribution < -0.4 is 5.32 Å². The van der Waals surface area contributed by atoms with E-state index >= 15 is 0 Å². The van der Waals surface area contributed by atoms with Gasteiger partial charge in [0.05, 0.1) is 0 Å². The smallest absolute Gasteiger partial charge is 0.0309 e. The molecule has 1 fully saturated rings. The molecule has 1 heterocycles. The lowest BCUT2D eigenvalue weighted by atomic mass is 9.85. The van der Waals surface area contributed by atoms with Crippen molar-refractivity contribution >= 4 is 0 Å². The van der Waals surface area contributed by atoms with Crippen molar-refractivity contribution in [3.05, 3.63) is 0 Å². The van der Waals surface area contributed by atoms with Crippen LogP contribution in [0.1, 0.15) is 34.1 Å². The molecule has 3 heteroatoms. The van der Waals surface area contributed by atoms with Gasteiger partial charge in [-0.05, 0) is 40.3 Å². The highest BCUT2D eigenvalue weighted by Gasteiger charge is 2.37. The van der Waals surface area contributed by atoms with Crippen LogP contribution in [-0.2, 0) is 0 Å². The van der Waals surface area contributed by atoms with Crippen LogP contribution in [0.15, 0.2) is 0 Å². The minimum Gasteiger partial charge on any atom is -0.314 e. The fourth-order valence-electron chi connectivity index (χ4n) is 3.03. The lowest BCUT2D eigenvalue weighted by Gasteiger charge is -2.49. The van der Waals surface area contributed by atoms with Crippen LogP contribution in [0.3, 0.4) is 0 Å². The van der Waals surface area contributed by atoms with Crippen LogP contribution in [0.5, 0.6) is 0 Å². The second kappa shape index (κ2) is 6.17. The third-order valence-corrected chi connectivity index (χ3v) is 4.07. The van der Waals surface area contributed by atoms with Crippen LogP contribution in [0.2, 0.25) is 0 Å². The maximum atomic E-state index is 3.44. The zero-order valence-corrected chi connectivity index (χ0v) is 12.6. The summed E-state index contributed by atoms with van der Waals surface area (Å²) in [7, 11) is 4.44. The second-order valence-corrected chi connectivity index (χ2v) is 6.50. The van der Waals surface area contributed by atoms with Gasteiger partial charge >= 0.3 is 0 Å². The van der Waals surface area contributed by atoms with Crippen molar-refractivity contribution in [1.29, 1.82) is 0 Å². The molecule has 0 amide bonds. The van der Waals surface area contributed by atoms with Crippen molar-refractivity contribution in [3.8, 4) is 0 Å². The molecule has 1 rings (SSSR count). The minimum atomic E-state index is 0.260. The molecule has 1 unspecified atom stereocenters. The first-order valence-corrected chi connectivity index (χ1v) is 6.98. The van der Waals surface area contributed by atoms with Crippen molar-refractivity contribution in [2.24, 2.45) is 5.92 Å². The van der Waals surface area contributed by atoms with Gasteiger partial charge in [-0.3, -0.25) is 4.90 Å². The van der Waals surface area contributed by atoms with E-state index in [1.165, 1.54) is 19.5 Å². The summed E-state index contributed by atoms with van der Waals surface area (Å²) in [4.78, 5) is 5.05. The quantitative estimate of drug-likeness (QED) is 0.789. The Labute approximate surface area is 108 Å². The Hall–Kier alpha value is -0.120. The highest BCUT2D eigenvalue weighted by atomic mass is 15.3. The monoisotopic (exact) mass is 241 g/mol. The van der Waals surface area contributed by atoms with E-state index in [-0.39, 0.29) is 5.54 Å². The van der Waals surface area contributed by atoms with E-state index < -0.39 is 0 Å². The van der Waals surface area contributed by atoms with Crippen molar-refractivity contribution in [2.75, 3.05) is 40.3 Å². The van der Waals surface area contributed by atoms with Gasteiger partial charge < -0.3 is 10.2 Å². The van der Waals surface area contributed by atoms with Gasteiger partial charge in [-0.15, -0.1) is 0 Å². The number of hydrogen-bond donors (Lipinski definition) is 1. The Bertz CT molecular complexity index is 218. The van der Waals surface area contributed by atoms with Gasteiger partial charge in [-0.1, -0.05) is 13.8 Å². The third kappa shape index (κ3) is 3.94. The average Bonchev–Trinajstić information content (AvgIpc) is 2.26. The molecule has 0 saturated carbocycles. The molecule has 17 heavy (non-hydrogen) atoms. The lowest BCUT2D eigenvalue weighted by molar-refractivity contribution is 0.0210. The first kappa shape index (κ1) is 14.9. The van der Waals surface area contributed by atoms with Crippen molar-refractivity contribution in [2.45, 2.75) is 45.7 Å². The molecule has 1 aliphatic heterocycles. The van der Waals surface area contributed by atoms with E-state index in [4.69, 9.17) is 0 Å². The Morgan fingerprint density at radius 3 is 2.12 bits per heavy atom. The van der Waals surface area contributed by atoms with E-state index in [0.29, 0.717) is 6.04 Å². The standard InChI is InChI=1S/C14H31N3/c1-12(2)11-13(16(5)6)14(3,4)17-9-7-15-8-10-17/h12-13,15H,7-11H2,1-6H3. The number of piperazine rings is 1. The van der Waals surface area contributed by atoms with E-state index in [1.807, 2.05) is 0 Å². The van der Waals surface area contributed by atoms with Gasteiger partial charge in [0.25, 0.3) is 0 Å². The molecule has 0 aliphatic carbocycles. The van der Waals surface area contributed by atoms with Gasteiger partial charge in [-0.2, -0.15) is 0 Å². The maximum Gasteiger partial charge on any atom is 0.0309 e. The van der Waals surface area contributed by atoms with Gasteiger partial charge in [0.15, 0.2) is 0 Å². The predicted molar refractivity (Wildman–Crippen MR) is 75.5 cm³/mol. The molecule has 0 bridgehead atoms. The lowest BCUT2D eigenvalue weighted by Crippen LogP contribution is -2.61. The number of hydrogen-bond acceptors (Lipinski definition) is 3. The Morgan fingerprint density at radius 2 is 1.71 bits per heavy atom. The molecule has 0 spiro atoms. The Morgan fingerprint density at radius 1 is 1.18 bits per heavy atom. The summed E-state index contributed by atoms with van der Waals surface area (Å²) in [5, 5.41) is 3.44. The van der Waals surface area contributed by atoms with Crippen LogP contribution in [0, 0.1) is 5.92 Å². The van der Waals surface area contributed by atoms with Crippen LogP contribution in [0.4, 0.5) is 0 Å². The summed E-state index contributed by atoms with van der Waals surface area (Å²) in [5.74, 6) is 0.754. The average molecular weight is 241 g/mol. The van der Waals surface area contributed by atoms with Crippen LogP contribution in [0.25, 0.3) is 0 Å². The van der Waals surface area contributed by atoms with E-state index in [2.05, 4.69) is 56.9 Å². The maximum absolute atomic E-state index is 3.44. The van der Waals surface area contributed by atoms with Crippen molar-refractivity contribution < 1.29 is 0 Å². The summed E-state index contributed by atoms with van der Waals surface area (Å²) in [5.41, 5.74) is 0.260. The zero-order valence-electron chi connectivity index (χ0n) is 12.6. The second-order valence-electron chi connectivity index (χ2n) is 6.50. The number of nitrogens with zero attached hydrogens (tertiary/aromatic N) is 2. The summed E-state index contributed by atoms with van der Waals surface area (Å²) in [6.07, 6.45) is 1.27. The normalized spacial score (nSPS) is 21.2. The minimum absolute atomic E-state index is 0.260. The summed E-state index contributed by atoms with van der Waals surface area (Å²) in [6, 6.07) is 0.626. The molecule has 3 nitrogen and oxygen atoms in total.